The molecule has 0 unspecified atom stereocenters. The number of aromatic nitrogens is 2. The number of alkyl halides is 2. The summed E-state index contributed by atoms with van der Waals surface area (Å²) >= 11 is 1.16. The summed E-state index contributed by atoms with van der Waals surface area (Å²) in [5.74, 6) is -0.452. The first kappa shape index (κ1) is 21.4. The number of halogens is 2. The number of carbonyl (C=O) groups excluding carboxylic acids is 2. The fourth-order valence-corrected chi connectivity index (χ4v) is 3.65. The Bertz CT molecular complexity index is 1250. The molecular formula is C22H15F2N3O4S. The minimum absolute atomic E-state index is 0.0725. The molecule has 0 aliphatic carbocycles. The Morgan fingerprint density at radius 2 is 1.81 bits per heavy atom. The molecule has 7 nitrogen and oxygen atoms in total. The summed E-state index contributed by atoms with van der Waals surface area (Å²) in [6.07, 6.45) is 1.52. The van der Waals surface area contributed by atoms with Crippen molar-refractivity contribution in [2.75, 3.05) is 5.75 Å². The number of para-hydroxylation sites is 1. The summed E-state index contributed by atoms with van der Waals surface area (Å²) in [6, 6.07) is 15.9. The fraction of sp³-hybridized carbons (Fsp3) is 0.0909. The van der Waals surface area contributed by atoms with Gasteiger partial charge in [0.25, 0.3) is 5.91 Å². The number of nitrogens with one attached hydrogen (secondary N) is 1. The molecular weight excluding hydrogens is 440 g/mol. The number of hydrogen-bond donors (Lipinski definition) is 1. The topological polar surface area (TPSA) is 94.3 Å². The monoisotopic (exact) mass is 455 g/mol. The second-order valence-corrected chi connectivity index (χ2v) is 7.38. The number of thioether (sulfide) groups is 1. The van der Waals surface area contributed by atoms with Crippen molar-refractivity contribution < 1.29 is 27.5 Å². The zero-order chi connectivity index (χ0) is 22.5. The Labute approximate surface area is 184 Å². The summed E-state index contributed by atoms with van der Waals surface area (Å²) in [6.45, 7) is -2.96. The lowest BCUT2D eigenvalue weighted by Gasteiger charge is -2.08. The number of nitrogens with zero attached hydrogens (tertiary/aromatic N) is 2. The molecule has 162 valence electrons. The molecule has 0 atom stereocenters. The van der Waals surface area contributed by atoms with Gasteiger partial charge in [0.15, 0.2) is 11.6 Å². The molecule has 2 aromatic heterocycles. The number of fused-ring (bicyclic) bond motifs is 1. The van der Waals surface area contributed by atoms with E-state index in [0.29, 0.717) is 22.1 Å². The van der Waals surface area contributed by atoms with Gasteiger partial charge in [-0.25, -0.2) is 9.97 Å². The maximum Gasteiger partial charge on any atom is 0.387 e. The van der Waals surface area contributed by atoms with Crippen LogP contribution >= 0.6 is 11.8 Å². The van der Waals surface area contributed by atoms with Gasteiger partial charge in [-0.15, -0.1) is 0 Å². The standard InChI is InChI=1S/C22H15F2N3O4S/c23-22(24)31-14-9-7-13(8-10-14)20(29)26-18(28)12-32-21-15-4-1-2-5-16(15)25-19(27-21)17-6-3-11-30-17/h1-11,22H,12H2,(H,26,28,29). The van der Waals surface area contributed by atoms with Crippen molar-refractivity contribution in [3.05, 3.63) is 72.5 Å². The highest BCUT2D eigenvalue weighted by Gasteiger charge is 2.15. The molecule has 1 N–H and O–H groups in total. The zero-order valence-corrected chi connectivity index (χ0v) is 17.1. The smallest absolute Gasteiger partial charge is 0.387 e. The van der Waals surface area contributed by atoms with Crippen LogP contribution in [0.15, 0.2) is 76.4 Å². The van der Waals surface area contributed by atoms with Gasteiger partial charge in [0.05, 0.1) is 17.5 Å². The van der Waals surface area contributed by atoms with Gasteiger partial charge in [0.1, 0.15) is 10.8 Å². The van der Waals surface area contributed by atoms with E-state index in [4.69, 9.17) is 4.42 Å². The molecule has 0 aliphatic rings. The molecule has 0 saturated carbocycles. The molecule has 4 rings (SSSR count). The first-order chi connectivity index (χ1) is 15.5. The van der Waals surface area contributed by atoms with Crippen LogP contribution in [0.1, 0.15) is 10.4 Å². The van der Waals surface area contributed by atoms with Crippen LogP contribution in [0, 0.1) is 0 Å². The average Bonchev–Trinajstić information content (AvgIpc) is 3.32. The second-order valence-electron chi connectivity index (χ2n) is 6.42. The predicted molar refractivity (Wildman–Crippen MR) is 114 cm³/mol. The molecule has 10 heteroatoms. The van der Waals surface area contributed by atoms with Crippen LogP contribution in [0.3, 0.4) is 0 Å². The molecule has 0 fully saturated rings. The third-order valence-electron chi connectivity index (χ3n) is 4.24. The Morgan fingerprint density at radius 1 is 1.03 bits per heavy atom. The molecule has 4 aromatic rings. The van der Waals surface area contributed by atoms with Crippen molar-refractivity contribution in [1.82, 2.24) is 15.3 Å². The highest BCUT2D eigenvalue weighted by molar-refractivity contribution is 8.00. The summed E-state index contributed by atoms with van der Waals surface area (Å²) in [7, 11) is 0. The molecule has 0 aliphatic heterocycles. The van der Waals surface area contributed by atoms with Crippen molar-refractivity contribution in [2.45, 2.75) is 11.6 Å². The Morgan fingerprint density at radius 3 is 2.53 bits per heavy atom. The SMILES string of the molecule is O=C(CSc1nc(-c2ccco2)nc2ccccc12)NC(=O)c1ccc(OC(F)F)cc1. The average molecular weight is 455 g/mol. The molecule has 0 saturated heterocycles. The number of rotatable bonds is 7. The number of amides is 2. The first-order valence-electron chi connectivity index (χ1n) is 9.32. The van der Waals surface area contributed by atoms with E-state index in [1.807, 2.05) is 24.3 Å². The lowest BCUT2D eigenvalue weighted by Crippen LogP contribution is -2.31. The number of benzene rings is 2. The van der Waals surface area contributed by atoms with Gasteiger partial charge in [-0.1, -0.05) is 30.0 Å². The lowest BCUT2D eigenvalue weighted by molar-refractivity contribution is -0.117. The number of ether oxygens (including phenoxy) is 1. The Balaban J connectivity index is 1.44. The van der Waals surface area contributed by atoms with Gasteiger partial charge in [0, 0.05) is 10.9 Å². The number of hydrogen-bond acceptors (Lipinski definition) is 7. The minimum Gasteiger partial charge on any atom is -0.461 e. The Hall–Kier alpha value is -3.79. The maximum atomic E-state index is 12.3. The Kier molecular flexibility index (Phi) is 6.41. The highest BCUT2D eigenvalue weighted by Crippen LogP contribution is 2.28. The molecule has 2 amide bonds. The van der Waals surface area contributed by atoms with Gasteiger partial charge in [-0.3, -0.25) is 14.9 Å². The van der Waals surface area contributed by atoms with Crippen LogP contribution in [0.4, 0.5) is 8.78 Å². The maximum absolute atomic E-state index is 12.3. The lowest BCUT2D eigenvalue weighted by atomic mass is 10.2. The molecule has 0 spiro atoms. The second kappa shape index (κ2) is 9.56. The zero-order valence-electron chi connectivity index (χ0n) is 16.3. The minimum atomic E-state index is -2.96. The van der Waals surface area contributed by atoms with Gasteiger partial charge in [-0.05, 0) is 42.5 Å². The van der Waals surface area contributed by atoms with Crippen molar-refractivity contribution >= 4 is 34.5 Å². The van der Waals surface area contributed by atoms with Gasteiger partial charge in [-0.2, -0.15) is 8.78 Å². The van der Waals surface area contributed by atoms with Crippen LogP contribution in [0.25, 0.3) is 22.5 Å². The van der Waals surface area contributed by atoms with Crippen LogP contribution in [-0.2, 0) is 4.79 Å². The fourth-order valence-electron chi connectivity index (χ4n) is 2.83. The van der Waals surface area contributed by atoms with Gasteiger partial charge < -0.3 is 9.15 Å². The first-order valence-corrected chi connectivity index (χ1v) is 10.3. The van der Waals surface area contributed by atoms with Crippen LogP contribution in [-0.4, -0.2) is 34.1 Å². The molecule has 2 aromatic carbocycles. The quantitative estimate of drug-likeness (QED) is 0.323. The summed E-state index contributed by atoms with van der Waals surface area (Å²) < 4.78 is 34.0. The van der Waals surface area contributed by atoms with E-state index < -0.39 is 18.4 Å². The predicted octanol–water partition coefficient (Wildman–Crippen LogP) is 4.54. The van der Waals surface area contributed by atoms with Crippen molar-refractivity contribution in [2.24, 2.45) is 0 Å². The highest BCUT2D eigenvalue weighted by atomic mass is 32.2. The molecule has 32 heavy (non-hydrogen) atoms. The van der Waals surface area contributed by atoms with Crippen LogP contribution < -0.4 is 10.1 Å². The molecule has 0 bridgehead atoms. The van der Waals surface area contributed by atoms with Gasteiger partial charge in [0.2, 0.25) is 5.91 Å². The van der Waals surface area contributed by atoms with E-state index in [0.717, 1.165) is 17.1 Å². The third kappa shape index (κ3) is 5.09. The van der Waals surface area contributed by atoms with E-state index in [-0.39, 0.29) is 17.1 Å². The van der Waals surface area contributed by atoms with E-state index in [1.54, 1.807) is 12.1 Å². The summed E-state index contributed by atoms with van der Waals surface area (Å²) in [5.41, 5.74) is 0.830. The number of furan rings is 1. The van der Waals surface area contributed by atoms with E-state index in [2.05, 4.69) is 20.0 Å². The van der Waals surface area contributed by atoms with E-state index in [1.165, 1.54) is 30.5 Å². The van der Waals surface area contributed by atoms with Crippen molar-refractivity contribution in [3.8, 4) is 17.3 Å². The third-order valence-corrected chi connectivity index (χ3v) is 5.24. The van der Waals surface area contributed by atoms with Crippen molar-refractivity contribution in [3.63, 3.8) is 0 Å². The number of carbonyl (C=O) groups is 2. The largest absolute Gasteiger partial charge is 0.461 e. The normalized spacial score (nSPS) is 11.0. The van der Waals surface area contributed by atoms with Gasteiger partial charge >= 0.3 is 6.61 Å². The van der Waals surface area contributed by atoms with Crippen molar-refractivity contribution in [1.29, 1.82) is 0 Å². The molecule has 0 radical (unpaired) electrons. The van der Waals surface area contributed by atoms with E-state index in [9.17, 15) is 18.4 Å². The van der Waals surface area contributed by atoms with Crippen LogP contribution in [0.5, 0.6) is 5.75 Å². The summed E-state index contributed by atoms with van der Waals surface area (Å²) in [5, 5.41) is 3.60. The summed E-state index contributed by atoms with van der Waals surface area (Å²) in [4.78, 5) is 33.6. The number of imide groups is 1. The molecule has 2 heterocycles. The van der Waals surface area contributed by atoms with Crippen LogP contribution in [0.2, 0.25) is 0 Å². The van der Waals surface area contributed by atoms with E-state index >= 15 is 0 Å².